The van der Waals surface area contributed by atoms with Gasteiger partial charge in [0.1, 0.15) is 0 Å². The first-order valence-corrected chi connectivity index (χ1v) is 15.8. The van der Waals surface area contributed by atoms with Gasteiger partial charge in [-0.2, -0.15) is 0 Å². The third-order valence-corrected chi connectivity index (χ3v) is 8.22. The molecule has 0 aliphatic carbocycles. The Hall–Kier alpha value is -6.59. The van der Waals surface area contributed by atoms with Gasteiger partial charge in [0.2, 0.25) is 0 Å². The van der Waals surface area contributed by atoms with Gasteiger partial charge in [-0.05, 0) is 64.7 Å². The van der Waals surface area contributed by atoms with Crippen molar-refractivity contribution in [3.05, 3.63) is 176 Å². The summed E-state index contributed by atoms with van der Waals surface area (Å²) in [6.07, 6.45) is 3.61. The van der Waals surface area contributed by atoms with Crippen molar-refractivity contribution < 1.29 is 0 Å². The van der Waals surface area contributed by atoms with Gasteiger partial charge in [-0.1, -0.05) is 121 Å². The molecule has 0 aliphatic rings. The van der Waals surface area contributed by atoms with Crippen LogP contribution < -0.4 is 0 Å². The Morgan fingerprint density at radius 2 is 0.750 bits per heavy atom. The second kappa shape index (κ2) is 13.0. The van der Waals surface area contributed by atoms with E-state index in [0.29, 0.717) is 5.82 Å². The Kier molecular flexibility index (Phi) is 7.83. The fourth-order valence-corrected chi connectivity index (χ4v) is 5.76. The van der Waals surface area contributed by atoms with E-state index >= 15 is 0 Å². The molecule has 48 heavy (non-hydrogen) atoms. The van der Waals surface area contributed by atoms with Crippen molar-refractivity contribution in [1.29, 1.82) is 0 Å². The Labute approximate surface area is 279 Å². The summed E-state index contributed by atoms with van der Waals surface area (Å²) in [5.41, 5.74) is 12.1. The molecule has 0 spiro atoms. The molecule has 8 rings (SSSR count). The molecule has 0 saturated heterocycles. The minimum absolute atomic E-state index is 0.662. The molecule has 4 aromatic heterocycles. The van der Waals surface area contributed by atoms with Crippen molar-refractivity contribution in [2.45, 2.75) is 0 Å². The molecule has 0 atom stereocenters. The van der Waals surface area contributed by atoms with E-state index in [1.807, 2.05) is 85.1 Å². The summed E-state index contributed by atoms with van der Waals surface area (Å²) in [5, 5.41) is 0. The topological polar surface area (TPSA) is 64.5 Å². The fourth-order valence-electron chi connectivity index (χ4n) is 5.76. The van der Waals surface area contributed by atoms with Gasteiger partial charge in [-0.15, -0.1) is 0 Å². The maximum Gasteiger partial charge on any atom is 0.160 e. The molecule has 4 aromatic carbocycles. The SMILES string of the molecule is c1ccc(-c2ccc(-c3cc(-c4ccnc(-c5cc(-c6ccccc6)cc(-c6ccccn6)n5)c4)nc(-c4ccccc4)n3)cc2)cc1. The van der Waals surface area contributed by atoms with E-state index in [4.69, 9.17) is 19.9 Å². The van der Waals surface area contributed by atoms with Crippen LogP contribution in [0.3, 0.4) is 0 Å². The second-order valence-electron chi connectivity index (χ2n) is 11.4. The average molecular weight is 616 g/mol. The van der Waals surface area contributed by atoms with Crippen LogP contribution >= 0.6 is 0 Å². The zero-order valence-electron chi connectivity index (χ0n) is 26.0. The Morgan fingerprint density at radius 1 is 0.250 bits per heavy atom. The van der Waals surface area contributed by atoms with Crippen LogP contribution in [0.25, 0.3) is 78.9 Å². The number of hydrogen-bond acceptors (Lipinski definition) is 5. The van der Waals surface area contributed by atoms with Gasteiger partial charge in [-0.3, -0.25) is 9.97 Å². The summed E-state index contributed by atoms with van der Waals surface area (Å²) in [6, 6.07) is 55.5. The van der Waals surface area contributed by atoms with E-state index in [1.54, 1.807) is 6.20 Å². The number of hydrogen-bond donors (Lipinski definition) is 0. The van der Waals surface area contributed by atoms with Gasteiger partial charge in [-0.25, -0.2) is 15.0 Å². The van der Waals surface area contributed by atoms with Crippen molar-refractivity contribution >= 4 is 0 Å². The largest absolute Gasteiger partial charge is 0.255 e. The summed E-state index contributed by atoms with van der Waals surface area (Å²) in [4.78, 5) is 24.5. The van der Waals surface area contributed by atoms with Gasteiger partial charge >= 0.3 is 0 Å². The van der Waals surface area contributed by atoms with E-state index < -0.39 is 0 Å². The molecular weight excluding hydrogens is 587 g/mol. The molecule has 0 saturated carbocycles. The van der Waals surface area contributed by atoms with Crippen LogP contribution in [0.5, 0.6) is 0 Å². The van der Waals surface area contributed by atoms with Crippen LogP contribution in [-0.2, 0) is 0 Å². The quantitative estimate of drug-likeness (QED) is 0.178. The summed E-state index contributed by atoms with van der Waals surface area (Å²) < 4.78 is 0. The highest BCUT2D eigenvalue weighted by Gasteiger charge is 2.14. The van der Waals surface area contributed by atoms with Gasteiger partial charge < -0.3 is 0 Å². The van der Waals surface area contributed by atoms with Crippen LogP contribution in [0.2, 0.25) is 0 Å². The van der Waals surface area contributed by atoms with Gasteiger partial charge in [0.25, 0.3) is 0 Å². The van der Waals surface area contributed by atoms with Gasteiger partial charge in [0.05, 0.1) is 34.2 Å². The zero-order valence-corrected chi connectivity index (χ0v) is 26.0. The van der Waals surface area contributed by atoms with Crippen LogP contribution in [-0.4, -0.2) is 24.9 Å². The lowest BCUT2D eigenvalue weighted by Gasteiger charge is -2.12. The Balaban J connectivity index is 1.23. The molecule has 8 aromatic rings. The van der Waals surface area contributed by atoms with Crippen molar-refractivity contribution in [2.24, 2.45) is 0 Å². The molecule has 0 N–H and O–H groups in total. The number of rotatable bonds is 7. The van der Waals surface area contributed by atoms with Gasteiger partial charge in [0.15, 0.2) is 5.82 Å². The lowest BCUT2D eigenvalue weighted by atomic mass is 10.0. The maximum atomic E-state index is 5.06. The average Bonchev–Trinajstić information content (AvgIpc) is 3.19. The standard InChI is InChI=1S/C43H29N5/c1-4-12-30(13-5-1)32-19-21-33(22-20-32)38-29-39(48-43(47-38)34-16-8-3-9-17-34)35-23-25-45-40(26-35)42-28-36(31-14-6-2-7-15-31)27-41(46-42)37-18-10-11-24-44-37/h1-29H. The molecule has 0 aliphatic heterocycles. The van der Waals surface area contributed by atoms with Crippen molar-refractivity contribution in [2.75, 3.05) is 0 Å². The summed E-state index contributed by atoms with van der Waals surface area (Å²) in [7, 11) is 0. The summed E-state index contributed by atoms with van der Waals surface area (Å²) in [6.45, 7) is 0. The Bertz CT molecular complexity index is 2250. The third kappa shape index (κ3) is 6.13. The predicted octanol–water partition coefficient (Wildman–Crippen LogP) is 10.3. The summed E-state index contributed by atoms with van der Waals surface area (Å²) in [5.74, 6) is 0.662. The van der Waals surface area contributed by atoms with E-state index in [2.05, 4.69) is 89.9 Å². The number of aromatic nitrogens is 5. The highest BCUT2D eigenvalue weighted by molar-refractivity contribution is 5.78. The first-order valence-electron chi connectivity index (χ1n) is 15.8. The van der Waals surface area contributed by atoms with Crippen LogP contribution in [0.1, 0.15) is 0 Å². The summed E-state index contributed by atoms with van der Waals surface area (Å²) >= 11 is 0. The first kappa shape index (κ1) is 28.9. The molecular formula is C43H29N5. The molecule has 5 nitrogen and oxygen atoms in total. The predicted molar refractivity (Wildman–Crippen MR) is 193 cm³/mol. The normalized spacial score (nSPS) is 10.9. The lowest BCUT2D eigenvalue weighted by molar-refractivity contribution is 1.18. The van der Waals surface area contributed by atoms with E-state index in [0.717, 1.165) is 67.5 Å². The number of benzene rings is 4. The van der Waals surface area contributed by atoms with E-state index in [1.165, 1.54) is 5.56 Å². The van der Waals surface area contributed by atoms with Crippen molar-refractivity contribution in [3.63, 3.8) is 0 Å². The van der Waals surface area contributed by atoms with Crippen molar-refractivity contribution in [1.82, 2.24) is 24.9 Å². The minimum atomic E-state index is 0.662. The van der Waals surface area contributed by atoms with Crippen LogP contribution in [0.4, 0.5) is 0 Å². The first-order chi connectivity index (χ1) is 23.8. The molecule has 226 valence electrons. The molecule has 4 heterocycles. The van der Waals surface area contributed by atoms with Crippen LogP contribution in [0, 0.1) is 0 Å². The maximum absolute atomic E-state index is 5.06. The second-order valence-corrected chi connectivity index (χ2v) is 11.4. The van der Waals surface area contributed by atoms with Crippen molar-refractivity contribution in [3.8, 4) is 78.9 Å². The molecule has 5 heteroatoms. The minimum Gasteiger partial charge on any atom is -0.255 e. The lowest BCUT2D eigenvalue weighted by Crippen LogP contribution is -1.97. The zero-order chi connectivity index (χ0) is 32.1. The monoisotopic (exact) mass is 615 g/mol. The molecule has 0 amide bonds. The number of pyridine rings is 3. The molecule has 0 fully saturated rings. The molecule has 0 bridgehead atoms. The van der Waals surface area contributed by atoms with Gasteiger partial charge in [0, 0.05) is 29.1 Å². The highest BCUT2D eigenvalue weighted by atomic mass is 14.9. The van der Waals surface area contributed by atoms with E-state index in [-0.39, 0.29) is 0 Å². The smallest absolute Gasteiger partial charge is 0.160 e. The van der Waals surface area contributed by atoms with E-state index in [9.17, 15) is 0 Å². The molecule has 0 unspecified atom stereocenters. The van der Waals surface area contributed by atoms with Crippen LogP contribution in [0.15, 0.2) is 176 Å². The molecule has 0 radical (unpaired) electrons. The third-order valence-electron chi connectivity index (χ3n) is 8.22. The fraction of sp³-hybridized carbons (Fsp3) is 0. The highest BCUT2D eigenvalue weighted by Crippen LogP contribution is 2.33. The number of nitrogens with zero attached hydrogens (tertiary/aromatic N) is 5. The Morgan fingerprint density at radius 3 is 1.40 bits per heavy atom.